The summed E-state index contributed by atoms with van der Waals surface area (Å²) in [6.07, 6.45) is 4.70. The highest BCUT2D eigenvalue weighted by Crippen LogP contribution is 2.22. The van der Waals surface area contributed by atoms with Crippen LogP contribution in [0.25, 0.3) is 11.4 Å². The van der Waals surface area contributed by atoms with Crippen molar-refractivity contribution in [1.29, 1.82) is 0 Å². The second-order valence-electron chi connectivity index (χ2n) is 4.87. The molecule has 0 aliphatic carbocycles. The molecule has 1 aliphatic heterocycles. The van der Waals surface area contributed by atoms with E-state index in [-0.39, 0.29) is 17.5 Å². The quantitative estimate of drug-likeness (QED) is 0.561. The number of carboxylic acid groups (broad SMARTS) is 1. The number of nitrogens with one attached hydrogen (secondary N) is 2. The first-order valence-corrected chi connectivity index (χ1v) is 7.90. The van der Waals surface area contributed by atoms with Crippen LogP contribution in [0.4, 0.5) is 0 Å². The molecule has 0 bridgehead atoms. The molecule has 3 rings (SSSR count). The largest absolute Gasteiger partial charge is 0.481 e. The average molecular weight is 343 g/mol. The molecule has 3 N–H and O–H groups in total. The van der Waals surface area contributed by atoms with Crippen molar-refractivity contribution in [2.75, 3.05) is 0 Å². The predicted molar refractivity (Wildman–Crippen MR) is 90.8 cm³/mol. The fraction of sp³-hybridized carbons (Fsp3) is 0.133. The number of carbonyl (C=O) groups is 2. The number of H-pyrrole nitrogens is 1. The van der Waals surface area contributed by atoms with E-state index in [1.54, 1.807) is 18.6 Å². The number of aromatic nitrogens is 2. The Morgan fingerprint density at radius 2 is 2.25 bits per heavy atom. The summed E-state index contributed by atoms with van der Waals surface area (Å²) < 4.78 is 0. The van der Waals surface area contributed by atoms with E-state index < -0.39 is 11.2 Å². The first kappa shape index (κ1) is 15.9. The molecule has 0 radical (unpaired) electrons. The van der Waals surface area contributed by atoms with Crippen LogP contribution in [0.1, 0.15) is 12.0 Å². The molecule has 0 spiro atoms. The molecule has 9 heteroatoms. The van der Waals surface area contributed by atoms with Crippen molar-refractivity contribution in [2.24, 2.45) is 10.2 Å². The minimum absolute atomic E-state index is 0.249. The molecule has 0 saturated carbocycles. The van der Waals surface area contributed by atoms with Crippen molar-refractivity contribution in [2.45, 2.75) is 11.7 Å². The van der Waals surface area contributed by atoms with Gasteiger partial charge < -0.3 is 15.4 Å². The van der Waals surface area contributed by atoms with Crippen LogP contribution in [0.5, 0.6) is 0 Å². The Bertz CT molecular complexity index is 816. The molecule has 1 fully saturated rings. The number of carbonyl (C=O) groups excluding carboxylic acids is 1. The lowest BCUT2D eigenvalue weighted by Gasteiger charge is -2.01. The summed E-state index contributed by atoms with van der Waals surface area (Å²) in [6.45, 7) is 0. The highest BCUT2D eigenvalue weighted by atomic mass is 32.2. The normalized spacial score (nSPS) is 19.1. The second kappa shape index (κ2) is 7.09. The number of hydrogen-bond donors (Lipinski definition) is 3. The summed E-state index contributed by atoms with van der Waals surface area (Å²) in [6, 6.07) is 7.54. The van der Waals surface area contributed by atoms with Crippen LogP contribution in [0, 0.1) is 0 Å². The number of carboxylic acids is 1. The molecule has 1 aliphatic rings. The van der Waals surface area contributed by atoms with Crippen molar-refractivity contribution in [1.82, 2.24) is 15.3 Å². The highest BCUT2D eigenvalue weighted by molar-refractivity contribution is 8.15. The summed E-state index contributed by atoms with van der Waals surface area (Å²) in [5, 5.41) is 18.8. The van der Waals surface area contributed by atoms with Gasteiger partial charge in [0.05, 0.1) is 12.6 Å². The van der Waals surface area contributed by atoms with Gasteiger partial charge in [-0.25, -0.2) is 4.98 Å². The molecule has 1 atom stereocenters. The van der Waals surface area contributed by atoms with Crippen LogP contribution in [0.15, 0.2) is 46.9 Å². The molecule has 1 amide bonds. The highest BCUT2D eigenvalue weighted by Gasteiger charge is 2.32. The van der Waals surface area contributed by atoms with E-state index in [4.69, 9.17) is 5.11 Å². The van der Waals surface area contributed by atoms with Crippen LogP contribution < -0.4 is 5.32 Å². The summed E-state index contributed by atoms with van der Waals surface area (Å²) >= 11 is 1.06. The SMILES string of the molecule is O=C(O)CC1SC(=NN=Cc2ccccc2-c2ncc[nH]2)NC1=O. The van der Waals surface area contributed by atoms with Crippen molar-refractivity contribution in [3.63, 3.8) is 0 Å². The van der Waals surface area contributed by atoms with Crippen molar-refractivity contribution >= 4 is 35.0 Å². The van der Waals surface area contributed by atoms with Gasteiger partial charge in [-0.1, -0.05) is 36.0 Å². The topological polar surface area (TPSA) is 120 Å². The maximum Gasteiger partial charge on any atom is 0.305 e. The zero-order valence-electron chi connectivity index (χ0n) is 12.3. The van der Waals surface area contributed by atoms with Crippen LogP contribution >= 0.6 is 11.8 Å². The van der Waals surface area contributed by atoms with Crippen molar-refractivity contribution in [3.8, 4) is 11.4 Å². The lowest BCUT2D eigenvalue weighted by atomic mass is 10.1. The van der Waals surface area contributed by atoms with E-state index in [2.05, 4.69) is 25.5 Å². The van der Waals surface area contributed by atoms with E-state index >= 15 is 0 Å². The standard InChI is InChI=1S/C15H13N5O3S/c21-12(22)7-11-14(23)19-15(24-11)20-18-8-9-3-1-2-4-10(9)13-16-5-6-17-13/h1-6,8,11H,7H2,(H,16,17)(H,21,22)(H,19,20,23). The number of amides is 1. The van der Waals surface area contributed by atoms with Crippen LogP contribution in [0.3, 0.4) is 0 Å². The molecular weight excluding hydrogens is 330 g/mol. The molecule has 1 unspecified atom stereocenters. The summed E-state index contributed by atoms with van der Waals surface area (Å²) in [5.41, 5.74) is 1.69. The average Bonchev–Trinajstić information content (AvgIpc) is 3.18. The van der Waals surface area contributed by atoms with Crippen molar-refractivity contribution < 1.29 is 14.7 Å². The Morgan fingerprint density at radius 3 is 3.00 bits per heavy atom. The Hall–Kier alpha value is -2.94. The minimum atomic E-state index is -1.03. The number of nitrogens with zero attached hydrogens (tertiary/aromatic N) is 3. The first-order valence-electron chi connectivity index (χ1n) is 7.02. The fourth-order valence-electron chi connectivity index (χ4n) is 2.13. The number of thioether (sulfide) groups is 1. The minimum Gasteiger partial charge on any atom is -0.481 e. The zero-order valence-corrected chi connectivity index (χ0v) is 13.2. The Morgan fingerprint density at radius 1 is 1.42 bits per heavy atom. The smallest absolute Gasteiger partial charge is 0.305 e. The van der Waals surface area contributed by atoms with Crippen LogP contribution in [0.2, 0.25) is 0 Å². The van der Waals surface area contributed by atoms with Gasteiger partial charge in [-0.2, -0.15) is 5.10 Å². The Balaban J connectivity index is 1.74. The van der Waals surface area contributed by atoms with Gasteiger partial charge in [0.15, 0.2) is 5.17 Å². The Labute approximate surface area is 141 Å². The fourth-order valence-corrected chi connectivity index (χ4v) is 3.04. The molecule has 2 aromatic rings. The lowest BCUT2D eigenvalue weighted by Crippen LogP contribution is -2.26. The monoisotopic (exact) mass is 343 g/mol. The first-order chi connectivity index (χ1) is 11.6. The third-order valence-electron chi connectivity index (χ3n) is 3.20. The summed E-state index contributed by atoms with van der Waals surface area (Å²) in [7, 11) is 0. The number of rotatable bonds is 5. The maximum absolute atomic E-state index is 11.6. The van der Waals surface area contributed by atoms with E-state index in [9.17, 15) is 9.59 Å². The van der Waals surface area contributed by atoms with Crippen LogP contribution in [-0.2, 0) is 9.59 Å². The number of benzene rings is 1. The second-order valence-corrected chi connectivity index (χ2v) is 6.06. The molecule has 2 heterocycles. The van der Waals surface area contributed by atoms with E-state index in [1.165, 1.54) is 0 Å². The molecule has 1 aromatic carbocycles. The van der Waals surface area contributed by atoms with Crippen LogP contribution in [-0.4, -0.2) is 43.6 Å². The molecule has 1 aromatic heterocycles. The maximum atomic E-state index is 11.6. The third kappa shape index (κ3) is 3.69. The van der Waals surface area contributed by atoms with Gasteiger partial charge in [0.25, 0.3) is 0 Å². The van der Waals surface area contributed by atoms with Gasteiger partial charge in [-0.15, -0.1) is 5.10 Å². The number of aromatic amines is 1. The van der Waals surface area contributed by atoms with Gasteiger partial charge in [-0.3, -0.25) is 9.59 Å². The number of hydrogen-bond acceptors (Lipinski definition) is 6. The number of imidazole rings is 1. The van der Waals surface area contributed by atoms with Gasteiger partial charge in [0, 0.05) is 23.5 Å². The summed E-state index contributed by atoms with van der Waals surface area (Å²) in [5.74, 6) is -0.679. The molecule has 122 valence electrons. The summed E-state index contributed by atoms with van der Waals surface area (Å²) in [4.78, 5) is 29.5. The number of aliphatic carboxylic acids is 1. The van der Waals surface area contributed by atoms with E-state index in [1.807, 2.05) is 24.3 Å². The van der Waals surface area contributed by atoms with Crippen molar-refractivity contribution in [3.05, 3.63) is 42.2 Å². The number of amidine groups is 1. The van der Waals surface area contributed by atoms with Gasteiger partial charge in [0.1, 0.15) is 11.1 Å². The zero-order chi connectivity index (χ0) is 16.9. The van der Waals surface area contributed by atoms with Gasteiger partial charge in [0.2, 0.25) is 5.91 Å². The van der Waals surface area contributed by atoms with E-state index in [0.29, 0.717) is 0 Å². The lowest BCUT2D eigenvalue weighted by molar-refractivity contribution is -0.138. The predicted octanol–water partition coefficient (Wildman–Crippen LogP) is 1.47. The molecule has 8 nitrogen and oxygen atoms in total. The van der Waals surface area contributed by atoms with Gasteiger partial charge in [-0.05, 0) is 0 Å². The molecular formula is C15H13N5O3S. The Kier molecular flexibility index (Phi) is 4.71. The van der Waals surface area contributed by atoms with E-state index in [0.717, 1.165) is 28.7 Å². The third-order valence-corrected chi connectivity index (χ3v) is 4.27. The molecule has 1 saturated heterocycles. The van der Waals surface area contributed by atoms with Gasteiger partial charge >= 0.3 is 5.97 Å². The molecule has 24 heavy (non-hydrogen) atoms.